The first kappa shape index (κ1) is 30.1. The summed E-state index contributed by atoms with van der Waals surface area (Å²) in [7, 11) is 1.05. The van der Waals surface area contributed by atoms with Crippen molar-refractivity contribution in [2.24, 2.45) is 0 Å². The van der Waals surface area contributed by atoms with Crippen molar-refractivity contribution in [3.63, 3.8) is 0 Å². The molecule has 2 aliphatic rings. The van der Waals surface area contributed by atoms with Crippen LogP contribution in [0.1, 0.15) is 49.2 Å². The third kappa shape index (κ3) is 6.54. The zero-order valence-corrected chi connectivity index (χ0v) is 22.9. The Hall–Kier alpha value is -4.85. The Labute approximate surface area is 239 Å². The van der Waals surface area contributed by atoms with E-state index >= 15 is 0 Å². The first-order valence-corrected chi connectivity index (χ1v) is 12.6. The van der Waals surface area contributed by atoms with Crippen molar-refractivity contribution < 1.29 is 67.3 Å². The molecule has 0 aromatic heterocycles. The van der Waals surface area contributed by atoms with Gasteiger partial charge in [-0.25, -0.2) is 4.79 Å². The van der Waals surface area contributed by atoms with Crippen LogP contribution in [0.3, 0.4) is 0 Å². The molecule has 4 rings (SSSR count). The molecule has 224 valence electrons. The fourth-order valence-corrected chi connectivity index (χ4v) is 4.67. The quantitative estimate of drug-likeness (QED) is 0.352. The first-order valence-electron chi connectivity index (χ1n) is 12.6. The molecular formula is C28H28O14. The normalized spacial score (nSPS) is 24.8. The van der Waals surface area contributed by atoms with Gasteiger partial charge in [0, 0.05) is 32.9 Å². The Kier molecular flexibility index (Phi) is 8.85. The van der Waals surface area contributed by atoms with E-state index in [4.69, 9.17) is 33.2 Å². The maximum absolute atomic E-state index is 12.9. The average Bonchev–Trinajstić information content (AvgIpc) is 2.90. The maximum atomic E-state index is 12.9. The summed E-state index contributed by atoms with van der Waals surface area (Å²) in [6, 6.07) is 8.40. The number of ketones is 1. The molecule has 0 radical (unpaired) electrons. The van der Waals surface area contributed by atoms with Gasteiger partial charge in [0.15, 0.2) is 24.1 Å². The summed E-state index contributed by atoms with van der Waals surface area (Å²) in [5, 5.41) is 20.3. The number of carbonyl (C=O) groups is 5. The van der Waals surface area contributed by atoms with Crippen LogP contribution >= 0.6 is 0 Å². The highest BCUT2D eigenvalue weighted by atomic mass is 16.7. The third-order valence-electron chi connectivity index (χ3n) is 6.33. The molecule has 14 heteroatoms. The van der Waals surface area contributed by atoms with Crippen LogP contribution in [0.4, 0.5) is 0 Å². The van der Waals surface area contributed by atoms with Crippen molar-refractivity contribution in [1.82, 2.24) is 0 Å². The summed E-state index contributed by atoms with van der Waals surface area (Å²) in [6.45, 7) is 3.16. The summed E-state index contributed by atoms with van der Waals surface area (Å²) in [5.74, 6) is -4.68. The van der Waals surface area contributed by atoms with Gasteiger partial charge in [-0.15, -0.1) is 0 Å². The molecule has 14 nitrogen and oxygen atoms in total. The zero-order chi connectivity index (χ0) is 30.7. The van der Waals surface area contributed by atoms with E-state index in [1.807, 2.05) is 0 Å². The largest absolute Gasteiger partial charge is 0.508 e. The molecule has 0 saturated carbocycles. The van der Waals surface area contributed by atoms with E-state index in [-0.39, 0.29) is 29.2 Å². The van der Waals surface area contributed by atoms with Gasteiger partial charge >= 0.3 is 23.9 Å². The van der Waals surface area contributed by atoms with Gasteiger partial charge in [0.2, 0.25) is 12.4 Å². The number of ether oxygens (including phenoxy) is 7. The van der Waals surface area contributed by atoms with Crippen molar-refractivity contribution in [3.8, 4) is 23.0 Å². The lowest BCUT2D eigenvalue weighted by Crippen LogP contribution is -2.64. The Balaban J connectivity index is 1.71. The van der Waals surface area contributed by atoms with Crippen LogP contribution < -0.4 is 9.47 Å². The highest BCUT2D eigenvalue weighted by molar-refractivity contribution is 6.02. The fraction of sp³-hybridized carbons (Fsp3) is 0.393. The highest BCUT2D eigenvalue weighted by Gasteiger charge is 2.56. The van der Waals surface area contributed by atoms with Gasteiger partial charge in [-0.2, -0.15) is 0 Å². The summed E-state index contributed by atoms with van der Waals surface area (Å²) in [5.41, 5.74) is 0.489. The number of phenolic OH excluding ortho intramolecular Hbond substituents is 2. The van der Waals surface area contributed by atoms with Gasteiger partial charge in [-0.05, 0) is 17.7 Å². The number of benzene rings is 2. The van der Waals surface area contributed by atoms with Gasteiger partial charge in [0.25, 0.3) is 0 Å². The van der Waals surface area contributed by atoms with E-state index in [0.717, 1.165) is 33.9 Å². The lowest BCUT2D eigenvalue weighted by atomic mass is 9.95. The van der Waals surface area contributed by atoms with E-state index in [1.165, 1.54) is 18.2 Å². The second-order valence-corrected chi connectivity index (χ2v) is 9.43. The molecule has 2 aromatic rings. The van der Waals surface area contributed by atoms with Crippen LogP contribution in [0.15, 0.2) is 36.4 Å². The van der Waals surface area contributed by atoms with Gasteiger partial charge in [0.1, 0.15) is 34.7 Å². The SMILES string of the molecule is COC(=O)[C@H]1O[C@@H](Oc2cc(O)c3c(c2)OC(c2ccc(O)cc2)CC3=O)[C@H](OC(C)=O)[C@@H](OC(C)=O)[C@@H]1OC(C)=O. The predicted molar refractivity (Wildman–Crippen MR) is 136 cm³/mol. The standard InChI is InChI=1S/C28H28O14/c1-12(29)37-23-24(38-13(2)30)26(39-14(3)31)28(42-25(23)27(35)36-4)40-17-9-18(33)22-19(34)11-20(41-21(22)10-17)15-5-7-16(32)8-6-15/h5-10,20,23-26,28,32-33H,11H2,1-4H3/t20?,23-,24-,25-,26+,28+/m0/s1. The minimum Gasteiger partial charge on any atom is -0.508 e. The summed E-state index contributed by atoms with van der Waals surface area (Å²) in [6.07, 6.45) is -8.97. The minimum atomic E-state index is -1.69. The van der Waals surface area contributed by atoms with Crippen LogP contribution in [0.25, 0.3) is 0 Å². The van der Waals surface area contributed by atoms with E-state index in [9.17, 15) is 34.2 Å². The molecule has 2 N–H and O–H groups in total. The molecule has 0 amide bonds. The lowest BCUT2D eigenvalue weighted by molar-refractivity contribution is -0.282. The van der Waals surface area contributed by atoms with Gasteiger partial charge in [-0.3, -0.25) is 19.2 Å². The second kappa shape index (κ2) is 12.3. The number of Topliss-reactive ketones (excluding diaryl/α,β-unsaturated/α-hetero) is 1. The van der Waals surface area contributed by atoms with Gasteiger partial charge in [-0.1, -0.05) is 12.1 Å². The molecule has 1 saturated heterocycles. The number of fused-ring (bicyclic) bond motifs is 1. The fourth-order valence-electron chi connectivity index (χ4n) is 4.67. The predicted octanol–water partition coefficient (Wildman–Crippen LogP) is 1.88. The molecule has 1 fully saturated rings. The molecule has 0 aliphatic carbocycles. The van der Waals surface area contributed by atoms with Crippen molar-refractivity contribution >= 4 is 29.7 Å². The van der Waals surface area contributed by atoms with E-state index in [0.29, 0.717) is 5.56 Å². The maximum Gasteiger partial charge on any atom is 0.339 e. The van der Waals surface area contributed by atoms with Crippen LogP contribution in [0, 0.1) is 0 Å². The molecule has 2 heterocycles. The highest BCUT2D eigenvalue weighted by Crippen LogP contribution is 2.43. The average molecular weight is 589 g/mol. The van der Waals surface area contributed by atoms with Crippen LogP contribution in [-0.2, 0) is 42.9 Å². The number of carbonyl (C=O) groups excluding carboxylic acids is 5. The van der Waals surface area contributed by atoms with E-state index in [2.05, 4.69) is 0 Å². The number of methoxy groups -OCH3 is 1. The number of hydrogen-bond acceptors (Lipinski definition) is 14. The Morgan fingerprint density at radius 3 is 2.05 bits per heavy atom. The Morgan fingerprint density at radius 2 is 1.45 bits per heavy atom. The van der Waals surface area contributed by atoms with E-state index < -0.39 is 72.2 Å². The van der Waals surface area contributed by atoms with Crippen LogP contribution in [-0.4, -0.2) is 77.7 Å². The van der Waals surface area contributed by atoms with Crippen LogP contribution in [0.5, 0.6) is 23.0 Å². The van der Waals surface area contributed by atoms with Crippen molar-refractivity contribution in [3.05, 3.63) is 47.5 Å². The molecule has 6 atom stereocenters. The molecule has 2 aliphatic heterocycles. The van der Waals surface area contributed by atoms with Gasteiger partial charge < -0.3 is 43.4 Å². The molecule has 1 unspecified atom stereocenters. The monoisotopic (exact) mass is 588 g/mol. The summed E-state index contributed by atoms with van der Waals surface area (Å²) >= 11 is 0. The lowest BCUT2D eigenvalue weighted by Gasteiger charge is -2.43. The minimum absolute atomic E-state index is 0.0256. The van der Waals surface area contributed by atoms with Crippen molar-refractivity contribution in [1.29, 1.82) is 0 Å². The number of hydrogen-bond donors (Lipinski definition) is 2. The Bertz CT molecular complexity index is 1380. The van der Waals surface area contributed by atoms with Crippen LogP contribution in [0.2, 0.25) is 0 Å². The van der Waals surface area contributed by atoms with Gasteiger partial charge in [0.05, 0.1) is 13.5 Å². The number of aromatic hydroxyl groups is 2. The molecule has 42 heavy (non-hydrogen) atoms. The summed E-state index contributed by atoms with van der Waals surface area (Å²) in [4.78, 5) is 61.4. The smallest absolute Gasteiger partial charge is 0.339 e. The van der Waals surface area contributed by atoms with E-state index in [1.54, 1.807) is 12.1 Å². The van der Waals surface area contributed by atoms with Crippen molar-refractivity contribution in [2.45, 2.75) is 64.0 Å². The first-order chi connectivity index (χ1) is 19.9. The molecular weight excluding hydrogens is 560 g/mol. The van der Waals surface area contributed by atoms with Crippen molar-refractivity contribution in [2.75, 3.05) is 7.11 Å². The second-order valence-electron chi connectivity index (χ2n) is 9.43. The summed E-state index contributed by atoms with van der Waals surface area (Å²) < 4.78 is 38.2. The Morgan fingerprint density at radius 1 is 0.857 bits per heavy atom. The number of esters is 4. The number of rotatable bonds is 7. The third-order valence-corrected chi connectivity index (χ3v) is 6.33. The molecule has 0 bridgehead atoms. The topological polar surface area (TPSA) is 190 Å². The zero-order valence-electron chi connectivity index (χ0n) is 22.9. The number of phenols is 2. The molecule has 0 spiro atoms. The molecule has 2 aromatic carbocycles.